The van der Waals surface area contributed by atoms with Gasteiger partial charge in [0.15, 0.2) is 5.96 Å². The summed E-state index contributed by atoms with van der Waals surface area (Å²) in [7, 11) is 1.76. The molecule has 2 rings (SSSR count). The summed E-state index contributed by atoms with van der Waals surface area (Å²) in [5, 5.41) is 6.54. The molecule has 130 valence electrons. The Morgan fingerprint density at radius 2 is 1.87 bits per heavy atom. The molecule has 0 radical (unpaired) electrons. The van der Waals surface area contributed by atoms with Crippen LogP contribution in [0.5, 0.6) is 0 Å². The van der Waals surface area contributed by atoms with Crippen LogP contribution in [0.4, 0.5) is 4.39 Å². The molecule has 1 saturated heterocycles. The molecule has 1 fully saturated rings. The summed E-state index contributed by atoms with van der Waals surface area (Å²) < 4.78 is 13.5. The van der Waals surface area contributed by atoms with Gasteiger partial charge in [0.2, 0.25) is 0 Å². The number of rotatable bonds is 7. The van der Waals surface area contributed by atoms with E-state index in [1.54, 1.807) is 13.1 Å². The highest BCUT2D eigenvalue weighted by atomic mass is 127. The van der Waals surface area contributed by atoms with Gasteiger partial charge in [-0.3, -0.25) is 4.99 Å². The zero-order valence-corrected chi connectivity index (χ0v) is 16.2. The van der Waals surface area contributed by atoms with Crippen molar-refractivity contribution in [1.82, 2.24) is 15.5 Å². The normalized spacial score (nSPS) is 15.3. The van der Waals surface area contributed by atoms with Crippen molar-refractivity contribution >= 4 is 29.9 Å². The monoisotopic (exact) mass is 434 g/mol. The molecule has 0 unspecified atom stereocenters. The second-order valence-electron chi connectivity index (χ2n) is 5.67. The van der Waals surface area contributed by atoms with Crippen LogP contribution in [-0.2, 0) is 6.42 Å². The molecule has 6 heteroatoms. The van der Waals surface area contributed by atoms with E-state index in [2.05, 4.69) is 20.5 Å². The van der Waals surface area contributed by atoms with Crippen molar-refractivity contribution in [2.75, 3.05) is 39.8 Å². The molecule has 2 N–H and O–H groups in total. The zero-order chi connectivity index (χ0) is 15.6. The SMILES string of the molecule is CN=C(NCCCN1CCCC1)NCCc1ccccc1F.I. The number of nitrogens with one attached hydrogen (secondary N) is 2. The summed E-state index contributed by atoms with van der Waals surface area (Å²) in [6.45, 7) is 5.23. The molecule has 1 aromatic carbocycles. The molecule has 1 aliphatic rings. The molecule has 0 atom stereocenters. The Kier molecular flexibility index (Phi) is 10.2. The van der Waals surface area contributed by atoms with Crippen LogP contribution >= 0.6 is 24.0 Å². The van der Waals surface area contributed by atoms with Gasteiger partial charge in [-0.25, -0.2) is 4.39 Å². The second kappa shape index (κ2) is 11.6. The van der Waals surface area contributed by atoms with Gasteiger partial charge >= 0.3 is 0 Å². The molecule has 1 aromatic rings. The molecule has 1 aliphatic heterocycles. The Labute approximate surface area is 156 Å². The predicted molar refractivity (Wildman–Crippen MR) is 105 cm³/mol. The number of likely N-dealkylation sites (tertiary alicyclic amines) is 1. The van der Waals surface area contributed by atoms with Gasteiger partial charge in [-0.05, 0) is 56.9 Å². The molecule has 4 nitrogen and oxygen atoms in total. The van der Waals surface area contributed by atoms with Gasteiger partial charge in [0, 0.05) is 20.1 Å². The average molecular weight is 434 g/mol. The molecule has 0 bridgehead atoms. The van der Waals surface area contributed by atoms with E-state index in [9.17, 15) is 4.39 Å². The number of hydrogen-bond acceptors (Lipinski definition) is 2. The fraction of sp³-hybridized carbons (Fsp3) is 0.588. The van der Waals surface area contributed by atoms with Crippen LogP contribution in [0.2, 0.25) is 0 Å². The summed E-state index contributed by atoms with van der Waals surface area (Å²) >= 11 is 0. The largest absolute Gasteiger partial charge is 0.356 e. The van der Waals surface area contributed by atoms with Crippen LogP contribution in [0.3, 0.4) is 0 Å². The number of halogens is 2. The number of hydrogen-bond donors (Lipinski definition) is 2. The Bertz CT molecular complexity index is 475. The van der Waals surface area contributed by atoms with Gasteiger partial charge in [0.1, 0.15) is 5.82 Å². The highest BCUT2D eigenvalue weighted by Crippen LogP contribution is 2.07. The third-order valence-electron chi connectivity index (χ3n) is 4.01. The quantitative estimate of drug-likeness (QED) is 0.300. The lowest BCUT2D eigenvalue weighted by Crippen LogP contribution is -2.39. The van der Waals surface area contributed by atoms with E-state index in [0.717, 1.165) is 31.0 Å². The van der Waals surface area contributed by atoms with Crippen molar-refractivity contribution in [1.29, 1.82) is 0 Å². The summed E-state index contributed by atoms with van der Waals surface area (Å²) in [6.07, 6.45) is 4.45. The first-order valence-electron chi connectivity index (χ1n) is 8.20. The Morgan fingerprint density at radius 3 is 2.57 bits per heavy atom. The van der Waals surface area contributed by atoms with E-state index in [0.29, 0.717) is 13.0 Å². The van der Waals surface area contributed by atoms with Crippen LogP contribution in [0.1, 0.15) is 24.8 Å². The predicted octanol–water partition coefficient (Wildman–Crippen LogP) is 2.64. The lowest BCUT2D eigenvalue weighted by atomic mass is 10.1. The van der Waals surface area contributed by atoms with E-state index < -0.39 is 0 Å². The van der Waals surface area contributed by atoms with E-state index >= 15 is 0 Å². The maximum atomic E-state index is 13.5. The van der Waals surface area contributed by atoms with Crippen molar-refractivity contribution in [2.24, 2.45) is 4.99 Å². The first-order valence-corrected chi connectivity index (χ1v) is 8.20. The summed E-state index contributed by atoms with van der Waals surface area (Å²) in [5.41, 5.74) is 0.736. The van der Waals surface area contributed by atoms with Crippen molar-refractivity contribution in [3.8, 4) is 0 Å². The lowest BCUT2D eigenvalue weighted by molar-refractivity contribution is 0.334. The number of guanidine groups is 1. The zero-order valence-electron chi connectivity index (χ0n) is 13.9. The highest BCUT2D eigenvalue weighted by molar-refractivity contribution is 14.0. The number of nitrogens with zero attached hydrogens (tertiary/aromatic N) is 2. The average Bonchev–Trinajstić information content (AvgIpc) is 3.05. The Balaban J connectivity index is 0.00000264. The maximum Gasteiger partial charge on any atom is 0.190 e. The van der Waals surface area contributed by atoms with Crippen LogP contribution in [0.15, 0.2) is 29.3 Å². The van der Waals surface area contributed by atoms with Gasteiger partial charge in [-0.1, -0.05) is 18.2 Å². The molecule has 0 amide bonds. The molecule has 1 heterocycles. The van der Waals surface area contributed by atoms with E-state index in [1.165, 1.54) is 32.0 Å². The fourth-order valence-corrected chi connectivity index (χ4v) is 2.75. The minimum Gasteiger partial charge on any atom is -0.356 e. The highest BCUT2D eigenvalue weighted by Gasteiger charge is 2.10. The van der Waals surface area contributed by atoms with Gasteiger partial charge < -0.3 is 15.5 Å². The Hall–Kier alpha value is -0.890. The van der Waals surface area contributed by atoms with Crippen molar-refractivity contribution in [3.05, 3.63) is 35.6 Å². The molecular weight excluding hydrogens is 406 g/mol. The smallest absolute Gasteiger partial charge is 0.190 e. The van der Waals surface area contributed by atoms with Gasteiger partial charge in [0.05, 0.1) is 0 Å². The minimum atomic E-state index is -0.141. The van der Waals surface area contributed by atoms with Crippen LogP contribution in [0, 0.1) is 5.82 Å². The lowest BCUT2D eigenvalue weighted by Gasteiger charge is -2.16. The number of aliphatic imine (C=N–C) groups is 1. The van der Waals surface area contributed by atoms with Gasteiger partial charge in [-0.15, -0.1) is 24.0 Å². The molecule has 23 heavy (non-hydrogen) atoms. The fourth-order valence-electron chi connectivity index (χ4n) is 2.75. The molecule has 0 spiro atoms. The van der Waals surface area contributed by atoms with Gasteiger partial charge in [0.25, 0.3) is 0 Å². The second-order valence-corrected chi connectivity index (χ2v) is 5.67. The van der Waals surface area contributed by atoms with Crippen molar-refractivity contribution < 1.29 is 4.39 Å². The topological polar surface area (TPSA) is 39.7 Å². The number of benzene rings is 1. The van der Waals surface area contributed by atoms with Crippen LogP contribution < -0.4 is 10.6 Å². The summed E-state index contributed by atoms with van der Waals surface area (Å²) in [4.78, 5) is 6.71. The Morgan fingerprint density at radius 1 is 1.17 bits per heavy atom. The molecule has 0 saturated carbocycles. The molecule has 0 aliphatic carbocycles. The molecular formula is C17H28FIN4. The standard InChI is InChI=1S/C17H27FN4.HI/c1-19-17(20-10-6-14-22-12-4-5-13-22)21-11-9-15-7-2-3-8-16(15)18;/h2-3,7-8H,4-6,9-14H2,1H3,(H2,19,20,21);1H. The maximum absolute atomic E-state index is 13.5. The summed E-state index contributed by atoms with van der Waals surface area (Å²) in [6, 6.07) is 6.90. The van der Waals surface area contributed by atoms with Crippen molar-refractivity contribution in [2.45, 2.75) is 25.7 Å². The minimum absolute atomic E-state index is 0. The first kappa shape index (κ1) is 20.2. The molecule has 0 aromatic heterocycles. The van der Waals surface area contributed by atoms with Crippen LogP contribution in [0.25, 0.3) is 0 Å². The van der Waals surface area contributed by atoms with Crippen molar-refractivity contribution in [3.63, 3.8) is 0 Å². The third kappa shape index (κ3) is 7.48. The van der Waals surface area contributed by atoms with Crippen LogP contribution in [-0.4, -0.2) is 50.6 Å². The van der Waals surface area contributed by atoms with E-state index in [1.807, 2.05) is 12.1 Å². The van der Waals surface area contributed by atoms with E-state index in [-0.39, 0.29) is 29.8 Å². The summed E-state index contributed by atoms with van der Waals surface area (Å²) in [5.74, 6) is 0.649. The third-order valence-corrected chi connectivity index (χ3v) is 4.01. The van der Waals surface area contributed by atoms with E-state index in [4.69, 9.17) is 0 Å². The first-order chi connectivity index (χ1) is 10.8. The van der Waals surface area contributed by atoms with Gasteiger partial charge in [-0.2, -0.15) is 0 Å².